The molecule has 2 atom stereocenters. The zero-order valence-corrected chi connectivity index (χ0v) is 15.2. The summed E-state index contributed by atoms with van der Waals surface area (Å²) in [7, 11) is 2.06. The molecule has 0 saturated carbocycles. The summed E-state index contributed by atoms with van der Waals surface area (Å²) in [5, 5.41) is 7.32. The minimum Gasteiger partial charge on any atom is -0.339 e. The van der Waals surface area contributed by atoms with E-state index in [4.69, 9.17) is 0 Å². The molecule has 0 aliphatic rings. The third kappa shape index (κ3) is 4.54. The van der Waals surface area contributed by atoms with Crippen molar-refractivity contribution in [2.45, 2.75) is 12.6 Å². The normalized spacial score (nSPS) is 13.4. The van der Waals surface area contributed by atoms with E-state index >= 15 is 0 Å². The third-order valence-corrected chi connectivity index (χ3v) is 5.60. The number of benzene rings is 1. The van der Waals surface area contributed by atoms with Gasteiger partial charge >= 0.3 is 0 Å². The van der Waals surface area contributed by atoms with Gasteiger partial charge in [0.1, 0.15) is 6.54 Å². The van der Waals surface area contributed by atoms with Crippen molar-refractivity contribution in [3.63, 3.8) is 0 Å². The van der Waals surface area contributed by atoms with Gasteiger partial charge in [-0.05, 0) is 28.5 Å². The molecule has 1 amide bonds. The van der Waals surface area contributed by atoms with Crippen LogP contribution in [-0.4, -0.2) is 19.5 Å². The zero-order chi connectivity index (χ0) is 16.8. The van der Waals surface area contributed by atoms with Gasteiger partial charge in [-0.25, -0.2) is 0 Å². The summed E-state index contributed by atoms with van der Waals surface area (Å²) in [5.74, 6) is 0.0753. The van der Waals surface area contributed by atoms with Crippen LogP contribution in [0.1, 0.15) is 21.4 Å². The van der Waals surface area contributed by atoms with Gasteiger partial charge in [-0.3, -0.25) is 4.79 Å². The lowest BCUT2D eigenvalue weighted by Crippen LogP contribution is -3.08. The molecule has 24 heavy (non-hydrogen) atoms. The summed E-state index contributed by atoms with van der Waals surface area (Å²) >= 11 is 3.41. The highest BCUT2D eigenvalue weighted by Crippen LogP contribution is 2.25. The first-order chi connectivity index (χ1) is 11.7. The molecule has 0 spiro atoms. The highest BCUT2D eigenvalue weighted by Gasteiger charge is 2.19. The van der Waals surface area contributed by atoms with E-state index in [9.17, 15) is 4.79 Å². The summed E-state index contributed by atoms with van der Waals surface area (Å²) in [4.78, 5) is 16.2. The van der Waals surface area contributed by atoms with Gasteiger partial charge in [-0.2, -0.15) is 0 Å². The number of nitrogens with one attached hydrogen (secondary N) is 2. The lowest BCUT2D eigenvalue weighted by Gasteiger charge is -2.19. The molecule has 3 rings (SSSR count). The van der Waals surface area contributed by atoms with Crippen molar-refractivity contribution in [3.05, 3.63) is 80.7 Å². The van der Waals surface area contributed by atoms with Crippen LogP contribution in [0.5, 0.6) is 0 Å². The van der Waals surface area contributed by atoms with Crippen LogP contribution >= 0.6 is 22.7 Å². The fourth-order valence-corrected chi connectivity index (χ4v) is 4.30. The average Bonchev–Trinajstić information content (AvgIpc) is 3.27. The molecular formula is C19H21N2OS2+. The second-order valence-corrected chi connectivity index (χ2v) is 7.83. The zero-order valence-electron chi connectivity index (χ0n) is 13.6. The SMILES string of the molecule is C[NH+](CC(=O)N[C@H](c1ccccc1)c1cccs1)Cc1cccs1. The molecule has 0 fully saturated rings. The largest absolute Gasteiger partial charge is 0.339 e. The molecule has 0 aliphatic heterocycles. The van der Waals surface area contributed by atoms with E-state index in [1.807, 2.05) is 29.6 Å². The number of thiophene rings is 2. The first kappa shape index (κ1) is 16.9. The van der Waals surface area contributed by atoms with Crippen LogP contribution in [0.15, 0.2) is 65.4 Å². The van der Waals surface area contributed by atoms with E-state index in [-0.39, 0.29) is 11.9 Å². The molecule has 2 N–H and O–H groups in total. The molecule has 1 aromatic carbocycles. The lowest BCUT2D eigenvalue weighted by molar-refractivity contribution is -0.885. The first-order valence-corrected chi connectivity index (χ1v) is 9.69. The number of amides is 1. The van der Waals surface area contributed by atoms with E-state index in [0.717, 1.165) is 17.0 Å². The van der Waals surface area contributed by atoms with Gasteiger partial charge in [0, 0.05) is 4.88 Å². The molecule has 124 valence electrons. The number of likely N-dealkylation sites (N-methyl/N-ethyl adjacent to an activating group) is 1. The van der Waals surface area contributed by atoms with Crippen molar-refractivity contribution in [1.29, 1.82) is 0 Å². The van der Waals surface area contributed by atoms with Gasteiger partial charge in [0.15, 0.2) is 6.54 Å². The molecule has 5 heteroatoms. The second kappa shape index (κ2) is 8.24. The van der Waals surface area contributed by atoms with Gasteiger partial charge in [-0.1, -0.05) is 42.5 Å². The van der Waals surface area contributed by atoms with Crippen LogP contribution in [-0.2, 0) is 11.3 Å². The van der Waals surface area contributed by atoms with Crippen molar-refractivity contribution in [2.75, 3.05) is 13.6 Å². The average molecular weight is 358 g/mol. The summed E-state index contributed by atoms with van der Waals surface area (Å²) in [6, 6.07) is 18.3. The van der Waals surface area contributed by atoms with Crippen molar-refractivity contribution >= 4 is 28.6 Å². The van der Waals surface area contributed by atoms with Crippen molar-refractivity contribution < 1.29 is 9.69 Å². The topological polar surface area (TPSA) is 33.5 Å². The minimum absolute atomic E-state index is 0.0753. The Bertz CT molecular complexity index is 739. The van der Waals surface area contributed by atoms with Gasteiger partial charge < -0.3 is 10.2 Å². The van der Waals surface area contributed by atoms with Crippen LogP contribution in [0.4, 0.5) is 0 Å². The van der Waals surface area contributed by atoms with E-state index < -0.39 is 0 Å². The van der Waals surface area contributed by atoms with Crippen molar-refractivity contribution in [1.82, 2.24) is 5.32 Å². The molecule has 0 bridgehead atoms. The summed E-state index contributed by atoms with van der Waals surface area (Å²) in [6.07, 6.45) is 0. The molecular weight excluding hydrogens is 336 g/mol. The van der Waals surface area contributed by atoms with Crippen LogP contribution in [0.2, 0.25) is 0 Å². The molecule has 1 unspecified atom stereocenters. The molecule has 2 heterocycles. The van der Waals surface area contributed by atoms with E-state index in [1.165, 1.54) is 9.78 Å². The molecule has 2 aromatic heterocycles. The Kier molecular flexibility index (Phi) is 5.80. The quantitative estimate of drug-likeness (QED) is 0.670. The summed E-state index contributed by atoms with van der Waals surface area (Å²) in [6.45, 7) is 1.34. The van der Waals surface area contributed by atoms with Crippen molar-refractivity contribution in [2.24, 2.45) is 0 Å². The summed E-state index contributed by atoms with van der Waals surface area (Å²) in [5.41, 5.74) is 1.12. The number of carbonyl (C=O) groups is 1. The van der Waals surface area contributed by atoms with Crippen LogP contribution in [0, 0.1) is 0 Å². The van der Waals surface area contributed by atoms with Gasteiger partial charge in [0.25, 0.3) is 5.91 Å². The monoisotopic (exact) mass is 357 g/mol. The minimum atomic E-state index is -0.0757. The van der Waals surface area contributed by atoms with Crippen LogP contribution in [0.3, 0.4) is 0 Å². The number of carbonyl (C=O) groups excluding carboxylic acids is 1. The maximum atomic E-state index is 12.5. The van der Waals surface area contributed by atoms with E-state index in [0.29, 0.717) is 6.54 Å². The third-order valence-electron chi connectivity index (χ3n) is 3.78. The van der Waals surface area contributed by atoms with E-state index in [1.54, 1.807) is 22.7 Å². The van der Waals surface area contributed by atoms with Gasteiger partial charge in [0.05, 0.1) is 18.0 Å². The number of quaternary nitrogens is 1. The maximum absolute atomic E-state index is 12.5. The molecule has 3 nitrogen and oxygen atoms in total. The highest BCUT2D eigenvalue weighted by atomic mass is 32.1. The Morgan fingerprint density at radius 2 is 1.79 bits per heavy atom. The van der Waals surface area contributed by atoms with Gasteiger partial charge in [-0.15, -0.1) is 22.7 Å². The molecule has 0 radical (unpaired) electrons. The number of hydrogen-bond acceptors (Lipinski definition) is 3. The fourth-order valence-electron chi connectivity index (χ4n) is 2.68. The predicted molar refractivity (Wildman–Crippen MR) is 101 cm³/mol. The number of hydrogen-bond donors (Lipinski definition) is 2. The van der Waals surface area contributed by atoms with E-state index in [2.05, 4.69) is 48.1 Å². The van der Waals surface area contributed by atoms with Crippen LogP contribution < -0.4 is 10.2 Å². The maximum Gasteiger partial charge on any atom is 0.275 e. The first-order valence-electron chi connectivity index (χ1n) is 7.94. The van der Waals surface area contributed by atoms with Crippen LogP contribution in [0.25, 0.3) is 0 Å². The van der Waals surface area contributed by atoms with Crippen molar-refractivity contribution in [3.8, 4) is 0 Å². The predicted octanol–water partition coefficient (Wildman–Crippen LogP) is 2.73. The lowest BCUT2D eigenvalue weighted by atomic mass is 10.1. The van der Waals surface area contributed by atoms with Gasteiger partial charge in [0.2, 0.25) is 0 Å². The summed E-state index contributed by atoms with van der Waals surface area (Å²) < 4.78 is 0. The Balaban J connectivity index is 1.65. The Hall–Kier alpha value is -1.95. The Labute approximate surface area is 150 Å². The molecule has 3 aromatic rings. The number of rotatable bonds is 7. The standard InChI is InChI=1S/C19H20N2OS2/c1-21(13-16-9-5-11-23-16)14-18(22)20-19(17-10-6-12-24-17)15-7-3-2-4-8-15/h2-12,19H,13-14H2,1H3,(H,20,22)/p+1/t19-/m1/s1. The molecule has 0 saturated heterocycles. The second-order valence-electron chi connectivity index (χ2n) is 5.82. The Morgan fingerprint density at radius 3 is 2.46 bits per heavy atom. The fraction of sp³-hybridized carbons (Fsp3) is 0.211. The Morgan fingerprint density at radius 1 is 1.04 bits per heavy atom. The highest BCUT2D eigenvalue weighted by molar-refractivity contribution is 7.10. The molecule has 0 aliphatic carbocycles. The smallest absolute Gasteiger partial charge is 0.275 e.